The van der Waals surface area contributed by atoms with Crippen LogP contribution in [0.1, 0.15) is 54.4 Å². The van der Waals surface area contributed by atoms with Gasteiger partial charge in [-0.1, -0.05) is 77.7 Å². The molecule has 0 aromatic heterocycles. The van der Waals surface area contributed by atoms with E-state index in [1.165, 1.54) is 5.57 Å². The van der Waals surface area contributed by atoms with Crippen molar-refractivity contribution in [3.8, 4) is 0 Å². The largest absolute Gasteiger partial charge is 0.370 e. The van der Waals surface area contributed by atoms with E-state index >= 15 is 0 Å². The number of allylic oxidation sites excluding steroid dienone is 4. The van der Waals surface area contributed by atoms with Gasteiger partial charge in [0.25, 0.3) is 0 Å². The Morgan fingerprint density at radius 3 is 2.43 bits per heavy atom. The van der Waals surface area contributed by atoms with Crippen molar-refractivity contribution in [3.63, 3.8) is 0 Å². The van der Waals surface area contributed by atoms with Crippen LogP contribution >= 0.6 is 0 Å². The van der Waals surface area contributed by atoms with E-state index in [4.69, 9.17) is 4.74 Å². The van der Waals surface area contributed by atoms with Gasteiger partial charge < -0.3 is 4.74 Å². The maximum absolute atomic E-state index is 5.98. The molecule has 1 heteroatoms. The average molecular weight is 290 g/mol. The molecule has 0 spiro atoms. The van der Waals surface area contributed by atoms with Crippen LogP contribution in [0.3, 0.4) is 0 Å². The van der Waals surface area contributed by atoms with E-state index in [-0.39, 0.29) is 6.10 Å². The lowest BCUT2D eigenvalue weighted by Crippen LogP contribution is -2.18. The van der Waals surface area contributed by atoms with Crippen LogP contribution in [0.5, 0.6) is 0 Å². The minimum Gasteiger partial charge on any atom is -0.370 e. The summed E-state index contributed by atoms with van der Waals surface area (Å²) >= 11 is 0. The summed E-state index contributed by atoms with van der Waals surface area (Å²) in [6, 6.07) is 0. The highest BCUT2D eigenvalue weighted by Crippen LogP contribution is 2.30. The molecule has 1 atom stereocenters. The highest BCUT2D eigenvalue weighted by molar-refractivity contribution is 5.21. The van der Waals surface area contributed by atoms with Crippen LogP contribution in [-0.4, -0.2) is 12.7 Å². The smallest absolute Gasteiger partial charge is 0.0757 e. The van der Waals surface area contributed by atoms with Crippen LogP contribution in [0.25, 0.3) is 0 Å². The fourth-order valence-corrected chi connectivity index (χ4v) is 1.69. The zero-order chi connectivity index (χ0) is 16.3. The molecule has 1 unspecified atom stereocenters. The molecule has 0 saturated carbocycles. The predicted octanol–water partition coefficient (Wildman–Crippen LogP) is 6.10. The molecule has 1 nitrogen and oxygen atoms in total. The molecular weight excluding hydrogens is 256 g/mol. The van der Waals surface area contributed by atoms with Crippen molar-refractivity contribution in [1.29, 1.82) is 0 Å². The summed E-state index contributed by atoms with van der Waals surface area (Å²) in [6.07, 6.45) is 14.6. The molecule has 0 aliphatic carbocycles. The van der Waals surface area contributed by atoms with Crippen molar-refractivity contribution >= 4 is 0 Å². The lowest BCUT2D eigenvalue weighted by molar-refractivity contribution is 0.102. The first-order chi connectivity index (χ1) is 9.87. The van der Waals surface area contributed by atoms with E-state index < -0.39 is 0 Å². The lowest BCUT2D eigenvalue weighted by Gasteiger charge is -2.27. The predicted molar refractivity (Wildman–Crippen MR) is 95.5 cm³/mol. The summed E-state index contributed by atoms with van der Waals surface area (Å²) in [4.78, 5) is 0. The first kappa shape index (κ1) is 19.9. The third-order valence-electron chi connectivity index (χ3n) is 4.24. The Hall–Kier alpha value is -1.08. The van der Waals surface area contributed by atoms with Crippen molar-refractivity contribution in [2.45, 2.75) is 60.5 Å². The van der Waals surface area contributed by atoms with Gasteiger partial charge in [-0.25, -0.2) is 0 Å². The molecule has 0 aromatic rings. The Morgan fingerprint density at radius 2 is 1.95 bits per heavy atom. The van der Waals surface area contributed by atoms with E-state index in [0.717, 1.165) is 12.8 Å². The highest BCUT2D eigenvalue weighted by Gasteiger charge is 2.20. The molecule has 0 amide bonds. The summed E-state index contributed by atoms with van der Waals surface area (Å²) in [7, 11) is 0. The fourth-order valence-electron chi connectivity index (χ4n) is 1.69. The molecule has 0 aliphatic rings. The SMILES string of the molecule is C=CC=CC(=CC)COC(C=CCC(C)(C)C(C)C)CC. The highest BCUT2D eigenvalue weighted by atomic mass is 16.5. The Kier molecular flexibility index (Phi) is 10.1. The van der Waals surface area contributed by atoms with Gasteiger partial charge in [-0.05, 0) is 36.7 Å². The zero-order valence-electron chi connectivity index (χ0n) is 14.9. The fraction of sp³-hybridized carbons (Fsp3) is 0.600. The van der Waals surface area contributed by atoms with Gasteiger partial charge in [-0.15, -0.1) is 0 Å². The molecule has 0 aliphatic heterocycles. The molecule has 0 rings (SSSR count). The van der Waals surface area contributed by atoms with E-state index in [9.17, 15) is 0 Å². The van der Waals surface area contributed by atoms with E-state index in [2.05, 4.69) is 59.4 Å². The summed E-state index contributed by atoms with van der Waals surface area (Å²) in [5, 5.41) is 0. The topological polar surface area (TPSA) is 9.23 Å². The summed E-state index contributed by atoms with van der Waals surface area (Å²) in [5.41, 5.74) is 1.53. The maximum Gasteiger partial charge on any atom is 0.0757 e. The Balaban J connectivity index is 4.40. The standard InChI is InChI=1S/C20H34O/c1-8-11-13-18(9-2)16-21-19(10-3)14-12-15-20(6,7)17(4)5/h8-9,11-14,17,19H,1,10,15-16H2,2-7H3. The van der Waals surface area contributed by atoms with Crippen LogP contribution in [-0.2, 0) is 4.74 Å². The van der Waals surface area contributed by atoms with Gasteiger partial charge >= 0.3 is 0 Å². The third-order valence-corrected chi connectivity index (χ3v) is 4.24. The molecule has 0 radical (unpaired) electrons. The van der Waals surface area contributed by atoms with Gasteiger partial charge in [0.2, 0.25) is 0 Å². The number of hydrogen-bond donors (Lipinski definition) is 0. The second-order valence-electron chi connectivity index (χ2n) is 6.49. The summed E-state index contributed by atoms with van der Waals surface area (Å²) in [6.45, 7) is 17.7. The van der Waals surface area contributed by atoms with Gasteiger partial charge in [-0.3, -0.25) is 0 Å². The minimum atomic E-state index is 0.194. The average Bonchev–Trinajstić information content (AvgIpc) is 2.45. The van der Waals surface area contributed by atoms with E-state index in [0.29, 0.717) is 17.9 Å². The molecule has 0 heterocycles. The molecule has 0 fully saturated rings. The van der Waals surface area contributed by atoms with Gasteiger partial charge in [0.05, 0.1) is 12.7 Å². The van der Waals surface area contributed by atoms with Gasteiger partial charge in [0, 0.05) is 0 Å². The second kappa shape index (κ2) is 10.6. The van der Waals surface area contributed by atoms with Crippen LogP contribution in [0.2, 0.25) is 0 Å². The monoisotopic (exact) mass is 290 g/mol. The van der Waals surface area contributed by atoms with Crippen molar-refractivity contribution in [2.24, 2.45) is 11.3 Å². The molecule has 0 saturated heterocycles. The molecule has 0 bridgehead atoms. The molecule has 120 valence electrons. The third kappa shape index (κ3) is 8.72. The molecule has 21 heavy (non-hydrogen) atoms. The van der Waals surface area contributed by atoms with Crippen molar-refractivity contribution in [3.05, 3.63) is 48.6 Å². The quantitative estimate of drug-likeness (QED) is 0.349. The second-order valence-corrected chi connectivity index (χ2v) is 6.49. The maximum atomic E-state index is 5.98. The minimum absolute atomic E-state index is 0.194. The molecular formula is C20H34O. The first-order valence-corrected chi connectivity index (χ1v) is 8.09. The molecule has 0 aromatic carbocycles. The van der Waals surface area contributed by atoms with Gasteiger partial charge in [-0.2, -0.15) is 0 Å². The first-order valence-electron chi connectivity index (χ1n) is 8.09. The Labute approximate surface area is 132 Å². The van der Waals surface area contributed by atoms with Gasteiger partial charge in [0.1, 0.15) is 0 Å². The van der Waals surface area contributed by atoms with E-state index in [1.807, 2.05) is 19.1 Å². The Bertz CT molecular complexity index is 369. The number of hydrogen-bond acceptors (Lipinski definition) is 1. The number of rotatable bonds is 10. The van der Waals surface area contributed by atoms with Crippen molar-refractivity contribution < 1.29 is 4.74 Å². The van der Waals surface area contributed by atoms with Crippen LogP contribution in [0.4, 0.5) is 0 Å². The van der Waals surface area contributed by atoms with Crippen molar-refractivity contribution in [2.75, 3.05) is 6.61 Å². The molecule has 0 N–H and O–H groups in total. The Morgan fingerprint density at radius 1 is 1.29 bits per heavy atom. The lowest BCUT2D eigenvalue weighted by atomic mass is 9.78. The summed E-state index contributed by atoms with van der Waals surface area (Å²) in [5.74, 6) is 0.682. The van der Waals surface area contributed by atoms with E-state index in [1.54, 1.807) is 6.08 Å². The van der Waals surface area contributed by atoms with Crippen molar-refractivity contribution in [1.82, 2.24) is 0 Å². The van der Waals surface area contributed by atoms with Crippen LogP contribution < -0.4 is 0 Å². The van der Waals surface area contributed by atoms with Crippen LogP contribution in [0.15, 0.2) is 48.6 Å². The number of ether oxygens (including phenoxy) is 1. The zero-order valence-corrected chi connectivity index (χ0v) is 14.9. The van der Waals surface area contributed by atoms with Crippen LogP contribution in [0, 0.1) is 11.3 Å². The van der Waals surface area contributed by atoms with Gasteiger partial charge in [0.15, 0.2) is 0 Å². The normalized spacial score (nSPS) is 15.3. The summed E-state index contributed by atoms with van der Waals surface area (Å²) < 4.78 is 5.98.